The zero-order valence-corrected chi connectivity index (χ0v) is 46.3. The van der Waals surface area contributed by atoms with Crippen molar-refractivity contribution in [1.29, 1.82) is 0 Å². The lowest BCUT2D eigenvalue weighted by Crippen LogP contribution is -2.36. The van der Waals surface area contributed by atoms with Crippen molar-refractivity contribution in [2.75, 3.05) is 25.6 Å². The van der Waals surface area contributed by atoms with Crippen molar-refractivity contribution in [2.24, 2.45) is 0 Å². The Morgan fingerprint density at radius 2 is 1.23 bits per heavy atom. The van der Waals surface area contributed by atoms with Gasteiger partial charge < -0.3 is 45.1 Å². The first-order valence-electron chi connectivity index (χ1n) is 26.3. The molecule has 0 bridgehead atoms. The topological polar surface area (TPSA) is 286 Å². The molecular formula is C56H83N3O16P2. The van der Waals surface area contributed by atoms with E-state index in [-0.39, 0.29) is 25.1 Å². The first kappa shape index (κ1) is 68.0. The smallest absolute Gasteiger partial charge is 0.462 e. The molecule has 8 atom stereocenters. The van der Waals surface area contributed by atoms with Crippen LogP contribution in [0.2, 0.25) is 0 Å². The highest BCUT2D eigenvalue weighted by Gasteiger charge is 2.46. The van der Waals surface area contributed by atoms with Crippen LogP contribution in [0.15, 0.2) is 151 Å². The molecule has 0 spiro atoms. The van der Waals surface area contributed by atoms with E-state index in [2.05, 4.69) is 52.7 Å². The van der Waals surface area contributed by atoms with Gasteiger partial charge in [-0.3, -0.25) is 23.2 Å². The Kier molecular flexibility index (Phi) is 37.0. The van der Waals surface area contributed by atoms with Crippen LogP contribution < -0.4 is 11.4 Å². The molecule has 7 N–H and O–H groups in total. The van der Waals surface area contributed by atoms with Gasteiger partial charge in [0.2, 0.25) is 0 Å². The molecule has 0 radical (unpaired) electrons. The molecule has 2 rings (SSSR count). The lowest BCUT2D eigenvalue weighted by atomic mass is 10.1. The standard InChI is InChI=1S/C56H83N3O16P2/c1-3-5-7-8-9-10-11-12-13-14-15-16-17-20-24-27-30-33-37-41-52(62)73-48(44-70-51(61)40-36-32-29-26-23-21-18-19-22-25-28-31-35-39-47(60)38-34-6-4-2)45-71-76(66,67)75-77(68,69)72-46-49-53(63)54(64)55(74-49)59-43-42-50(57)58-56(59)65/h6,9-10,12-13,15-16,19-24,28-35,39,42-43,47-49,53-55,60,63-64H,3-5,7-8,11,14,17-18,25-27,36-38,40-41,44-46H2,1-2H3,(H,66,67)(H,68,69)(H2,57,58,65)/b10-9-,13-12-,16-15-,22-19-,23-21-,24-20-,31-28+,32-29-,33-30-,34-6-,39-35+/t47?,48-,49-,53-,54-,55-/m1/s1. The van der Waals surface area contributed by atoms with E-state index in [0.29, 0.717) is 25.7 Å². The van der Waals surface area contributed by atoms with Crippen LogP contribution in [-0.2, 0) is 46.3 Å². The van der Waals surface area contributed by atoms with Crippen LogP contribution in [0.1, 0.15) is 129 Å². The summed E-state index contributed by atoms with van der Waals surface area (Å²) >= 11 is 0. The highest BCUT2D eigenvalue weighted by atomic mass is 31.3. The van der Waals surface area contributed by atoms with E-state index in [9.17, 15) is 48.6 Å². The minimum atomic E-state index is -5.47. The van der Waals surface area contributed by atoms with E-state index in [4.69, 9.17) is 29.0 Å². The van der Waals surface area contributed by atoms with Crippen molar-refractivity contribution in [3.05, 3.63) is 156 Å². The third kappa shape index (κ3) is 34.4. The van der Waals surface area contributed by atoms with Gasteiger partial charge in [-0.15, -0.1) is 0 Å². The molecule has 2 heterocycles. The summed E-state index contributed by atoms with van der Waals surface area (Å²) in [7, 11) is -10.9. The molecule has 1 fully saturated rings. The maximum atomic E-state index is 12.9. The van der Waals surface area contributed by atoms with E-state index in [1.54, 1.807) is 18.2 Å². The summed E-state index contributed by atoms with van der Waals surface area (Å²) in [5.74, 6) is -1.54. The summed E-state index contributed by atoms with van der Waals surface area (Å²) in [5, 5.41) is 30.8. The molecule has 0 aliphatic carbocycles. The first-order chi connectivity index (χ1) is 37.1. The van der Waals surface area contributed by atoms with Crippen LogP contribution in [0.4, 0.5) is 5.82 Å². The summed E-state index contributed by atoms with van der Waals surface area (Å²) in [5.41, 5.74) is 4.57. The van der Waals surface area contributed by atoms with Gasteiger partial charge in [-0.1, -0.05) is 160 Å². The number of hydrogen-bond donors (Lipinski definition) is 6. The Labute approximate surface area is 454 Å². The number of carbonyl (C=O) groups excluding carboxylic acids is 2. The number of anilines is 1. The molecule has 1 saturated heterocycles. The van der Waals surface area contributed by atoms with Crippen molar-refractivity contribution < 1.29 is 71.4 Å². The molecule has 0 aromatic carbocycles. The third-order valence-corrected chi connectivity index (χ3v) is 13.4. The number of phosphoric acid groups is 2. The van der Waals surface area contributed by atoms with Gasteiger partial charge in [0.15, 0.2) is 12.3 Å². The average Bonchev–Trinajstić information content (AvgIpc) is 3.67. The van der Waals surface area contributed by atoms with E-state index in [0.717, 1.165) is 55.7 Å². The molecule has 77 heavy (non-hydrogen) atoms. The molecule has 1 aliphatic rings. The van der Waals surface area contributed by atoms with Crippen molar-refractivity contribution >= 4 is 33.4 Å². The van der Waals surface area contributed by atoms with Crippen molar-refractivity contribution in [3.63, 3.8) is 0 Å². The monoisotopic (exact) mass is 1120 g/mol. The van der Waals surface area contributed by atoms with Gasteiger partial charge in [-0.05, 0) is 89.5 Å². The average molecular weight is 1120 g/mol. The number of hydrogen-bond acceptors (Lipinski definition) is 16. The molecule has 428 valence electrons. The fourth-order valence-electron chi connectivity index (χ4n) is 6.76. The molecule has 1 aromatic heterocycles. The Bertz CT molecular complexity index is 2340. The second-order valence-corrected chi connectivity index (χ2v) is 20.5. The summed E-state index contributed by atoms with van der Waals surface area (Å²) in [6.07, 6.45) is 48.9. The summed E-state index contributed by atoms with van der Waals surface area (Å²) in [6, 6.07) is 1.23. The van der Waals surface area contributed by atoms with Crippen LogP contribution in [0.3, 0.4) is 0 Å². The number of unbranched alkanes of at least 4 members (excludes halogenated alkanes) is 3. The molecule has 21 heteroatoms. The second-order valence-electron chi connectivity index (χ2n) is 17.5. The highest BCUT2D eigenvalue weighted by Crippen LogP contribution is 2.60. The number of aliphatic hydroxyl groups excluding tert-OH is 3. The van der Waals surface area contributed by atoms with Gasteiger partial charge in [-0.25, -0.2) is 13.9 Å². The number of esters is 2. The SMILES string of the molecule is CC/C=C\CC(O)/C=C/C=C/C/C=C\C/C=C\C/C=C\CCC(=O)OC[C@H](COP(=O)(O)OP(=O)(O)OC[C@H]1O[C@@H](n2ccc(N)nc2=O)[C@H](O)[C@@H]1O)OC(=O)CC/C=C\C/C=C\C/C=C\C/C=C\C/C=C\CCCCC. The molecule has 0 amide bonds. The van der Waals surface area contributed by atoms with Gasteiger partial charge in [0.1, 0.15) is 30.7 Å². The van der Waals surface area contributed by atoms with Gasteiger partial charge in [0, 0.05) is 19.0 Å². The van der Waals surface area contributed by atoms with Gasteiger partial charge in [0.25, 0.3) is 0 Å². The quantitative estimate of drug-likeness (QED) is 0.0117. The predicted octanol–water partition coefficient (Wildman–Crippen LogP) is 10.3. The Morgan fingerprint density at radius 3 is 1.79 bits per heavy atom. The largest absolute Gasteiger partial charge is 0.481 e. The van der Waals surface area contributed by atoms with Crippen LogP contribution in [0.5, 0.6) is 0 Å². The fraction of sp³-hybridized carbons (Fsp3) is 0.500. The normalized spacial score (nSPS) is 20.1. The van der Waals surface area contributed by atoms with Crippen LogP contribution in [0.25, 0.3) is 0 Å². The number of ether oxygens (including phenoxy) is 3. The Hall–Kier alpha value is -5.14. The number of aliphatic hydroxyl groups is 3. The molecule has 1 aliphatic heterocycles. The predicted molar refractivity (Wildman–Crippen MR) is 299 cm³/mol. The molecule has 0 saturated carbocycles. The lowest BCUT2D eigenvalue weighted by Gasteiger charge is -2.21. The lowest BCUT2D eigenvalue weighted by molar-refractivity contribution is -0.161. The first-order valence-corrected chi connectivity index (χ1v) is 29.3. The number of allylic oxidation sites excluding steroid dienone is 20. The van der Waals surface area contributed by atoms with Gasteiger partial charge in [-0.2, -0.15) is 9.29 Å². The molecule has 3 unspecified atom stereocenters. The van der Waals surface area contributed by atoms with Crippen molar-refractivity contribution in [1.82, 2.24) is 9.55 Å². The fourth-order valence-corrected chi connectivity index (χ4v) is 8.87. The number of rotatable bonds is 41. The van der Waals surface area contributed by atoms with E-state index in [1.165, 1.54) is 25.3 Å². The van der Waals surface area contributed by atoms with Crippen LogP contribution in [0, 0.1) is 0 Å². The molecule has 1 aromatic rings. The summed E-state index contributed by atoms with van der Waals surface area (Å²) in [6.45, 7) is 1.76. The summed E-state index contributed by atoms with van der Waals surface area (Å²) < 4.78 is 56.6. The second kappa shape index (κ2) is 41.9. The number of phosphoric ester groups is 2. The van der Waals surface area contributed by atoms with E-state index >= 15 is 0 Å². The van der Waals surface area contributed by atoms with E-state index < -0.39 is 89.8 Å². The minimum absolute atomic E-state index is 0.0380. The highest BCUT2D eigenvalue weighted by molar-refractivity contribution is 7.61. The number of carbonyl (C=O) groups is 2. The Morgan fingerprint density at radius 1 is 0.701 bits per heavy atom. The van der Waals surface area contributed by atoms with Crippen LogP contribution in [-0.4, -0.2) is 96.9 Å². The number of nitrogens with zero attached hydrogens (tertiary/aromatic N) is 2. The van der Waals surface area contributed by atoms with Gasteiger partial charge in [0.05, 0.1) is 19.3 Å². The van der Waals surface area contributed by atoms with Crippen molar-refractivity contribution in [2.45, 2.75) is 160 Å². The minimum Gasteiger partial charge on any atom is -0.462 e. The maximum absolute atomic E-state index is 12.9. The summed E-state index contributed by atoms with van der Waals surface area (Å²) in [4.78, 5) is 61.9. The number of aromatic nitrogens is 2. The van der Waals surface area contributed by atoms with Crippen LogP contribution >= 0.6 is 15.6 Å². The zero-order valence-electron chi connectivity index (χ0n) is 44.6. The number of nitrogens with two attached hydrogens (primary N) is 1. The van der Waals surface area contributed by atoms with E-state index in [1.807, 2.05) is 85.9 Å². The van der Waals surface area contributed by atoms with Crippen molar-refractivity contribution in [3.8, 4) is 0 Å². The molecule has 19 nitrogen and oxygen atoms in total. The number of nitrogen functional groups attached to an aromatic ring is 1. The molecular weight excluding hydrogens is 1030 g/mol. The van der Waals surface area contributed by atoms with Gasteiger partial charge >= 0.3 is 33.3 Å². The maximum Gasteiger partial charge on any atom is 0.481 e. The Balaban J connectivity index is 1.87. The third-order valence-electron chi connectivity index (χ3n) is 10.8. The zero-order chi connectivity index (χ0) is 56.4.